The molecule has 0 atom stereocenters. The van der Waals surface area contributed by atoms with E-state index in [2.05, 4.69) is 43.1 Å². The number of fused-ring (bicyclic) bond motifs is 1. The molecular weight excluding hydrogens is 378 g/mol. The number of aromatic nitrogens is 3. The van der Waals surface area contributed by atoms with Crippen LogP contribution >= 0.6 is 22.9 Å². The van der Waals surface area contributed by atoms with Crippen LogP contribution in [0.5, 0.6) is 0 Å². The predicted octanol–water partition coefficient (Wildman–Crippen LogP) is 4.32. The highest BCUT2D eigenvalue weighted by molar-refractivity contribution is 7.15. The van der Waals surface area contributed by atoms with Gasteiger partial charge in [-0.15, -0.1) is 10.2 Å². The Kier molecular flexibility index (Phi) is 4.36. The lowest BCUT2D eigenvalue weighted by Gasteiger charge is -2.18. The van der Waals surface area contributed by atoms with Crippen molar-refractivity contribution < 1.29 is 0 Å². The predicted molar refractivity (Wildman–Crippen MR) is 112 cm³/mol. The zero-order valence-corrected chi connectivity index (χ0v) is 16.8. The van der Waals surface area contributed by atoms with E-state index in [1.807, 2.05) is 36.4 Å². The summed E-state index contributed by atoms with van der Waals surface area (Å²) >= 11 is 7.60. The van der Waals surface area contributed by atoms with Crippen molar-refractivity contribution in [3.05, 3.63) is 79.6 Å². The number of thiazole rings is 1. The summed E-state index contributed by atoms with van der Waals surface area (Å²) in [6, 6.07) is 15.6. The number of benzene rings is 2. The Hall–Kier alpha value is -2.50. The van der Waals surface area contributed by atoms with Crippen molar-refractivity contribution in [2.45, 2.75) is 26.2 Å². The third-order valence-corrected chi connectivity index (χ3v) is 5.73. The minimum Gasteiger partial charge on any atom is -0.267 e. The first kappa shape index (κ1) is 17.9. The molecule has 0 unspecified atom stereocenters. The standard InChI is InChI=1S/C21H18ClN3OS/c1-21(2,3)14-10-8-13(9-11-14)12-17-19(26)25-18(23-24-20(25)27-17)15-6-4-5-7-16(15)22/h4-12H,1-3H3/b17-12-. The van der Waals surface area contributed by atoms with E-state index in [0.717, 1.165) is 5.56 Å². The lowest BCUT2D eigenvalue weighted by atomic mass is 9.87. The molecule has 0 spiro atoms. The third kappa shape index (κ3) is 3.29. The molecule has 27 heavy (non-hydrogen) atoms. The maximum Gasteiger partial charge on any atom is 0.276 e. The first-order valence-electron chi connectivity index (χ1n) is 8.60. The second kappa shape index (κ2) is 6.59. The second-order valence-corrected chi connectivity index (χ2v) is 8.83. The van der Waals surface area contributed by atoms with Gasteiger partial charge in [-0.2, -0.15) is 0 Å². The average Bonchev–Trinajstić information content (AvgIpc) is 3.16. The largest absolute Gasteiger partial charge is 0.276 e. The summed E-state index contributed by atoms with van der Waals surface area (Å²) < 4.78 is 2.15. The van der Waals surface area contributed by atoms with Gasteiger partial charge in [-0.25, -0.2) is 4.40 Å². The van der Waals surface area contributed by atoms with Crippen molar-refractivity contribution in [2.75, 3.05) is 0 Å². The number of nitrogens with zero attached hydrogens (tertiary/aromatic N) is 3. The SMILES string of the molecule is CC(C)(C)c1ccc(/C=c2\sc3nnc(-c4ccccc4Cl)n3c2=O)cc1. The van der Waals surface area contributed by atoms with E-state index in [4.69, 9.17) is 11.6 Å². The van der Waals surface area contributed by atoms with E-state index in [9.17, 15) is 4.79 Å². The fourth-order valence-corrected chi connectivity index (χ4v) is 4.04. The fourth-order valence-electron chi connectivity index (χ4n) is 2.91. The smallest absolute Gasteiger partial charge is 0.267 e. The topological polar surface area (TPSA) is 47.3 Å². The summed E-state index contributed by atoms with van der Waals surface area (Å²) in [5.41, 5.74) is 2.91. The minimum absolute atomic E-state index is 0.0986. The van der Waals surface area contributed by atoms with Crippen molar-refractivity contribution in [3.8, 4) is 11.4 Å². The van der Waals surface area contributed by atoms with E-state index in [1.165, 1.54) is 21.3 Å². The Morgan fingerprint density at radius 2 is 1.74 bits per heavy atom. The van der Waals surface area contributed by atoms with Crippen LogP contribution in [-0.4, -0.2) is 14.6 Å². The van der Waals surface area contributed by atoms with Crippen molar-refractivity contribution in [2.24, 2.45) is 0 Å². The summed E-state index contributed by atoms with van der Waals surface area (Å²) in [7, 11) is 0. The molecule has 0 bridgehead atoms. The van der Waals surface area contributed by atoms with E-state index >= 15 is 0 Å². The molecule has 0 saturated carbocycles. The molecule has 0 saturated heterocycles. The average molecular weight is 396 g/mol. The molecule has 2 heterocycles. The molecule has 0 N–H and O–H groups in total. The molecule has 0 aliphatic rings. The Balaban J connectivity index is 1.83. The van der Waals surface area contributed by atoms with E-state index in [1.54, 1.807) is 6.07 Å². The van der Waals surface area contributed by atoms with Crippen LogP contribution in [0.15, 0.2) is 53.3 Å². The Morgan fingerprint density at radius 3 is 2.41 bits per heavy atom. The van der Waals surface area contributed by atoms with Crippen LogP contribution in [0.25, 0.3) is 22.4 Å². The summed E-state index contributed by atoms with van der Waals surface area (Å²) in [6.07, 6.45) is 1.89. The zero-order chi connectivity index (χ0) is 19.2. The van der Waals surface area contributed by atoms with Crippen LogP contribution in [0, 0.1) is 0 Å². The van der Waals surface area contributed by atoms with Crippen molar-refractivity contribution in [1.29, 1.82) is 0 Å². The van der Waals surface area contributed by atoms with E-state index in [-0.39, 0.29) is 11.0 Å². The lowest BCUT2D eigenvalue weighted by molar-refractivity contribution is 0.590. The third-order valence-electron chi connectivity index (χ3n) is 4.44. The van der Waals surface area contributed by atoms with Gasteiger partial charge in [-0.3, -0.25) is 4.79 Å². The lowest BCUT2D eigenvalue weighted by Crippen LogP contribution is -2.23. The van der Waals surface area contributed by atoms with Gasteiger partial charge in [0.15, 0.2) is 5.82 Å². The van der Waals surface area contributed by atoms with Crippen LogP contribution in [-0.2, 0) is 5.41 Å². The van der Waals surface area contributed by atoms with Crippen molar-refractivity contribution >= 4 is 34.0 Å². The van der Waals surface area contributed by atoms with Gasteiger partial charge in [-0.05, 0) is 34.8 Å². The van der Waals surface area contributed by atoms with Gasteiger partial charge >= 0.3 is 0 Å². The first-order chi connectivity index (χ1) is 12.8. The first-order valence-corrected chi connectivity index (χ1v) is 9.79. The molecule has 0 aliphatic carbocycles. The molecule has 4 aromatic rings. The van der Waals surface area contributed by atoms with Crippen LogP contribution < -0.4 is 10.1 Å². The van der Waals surface area contributed by atoms with Gasteiger partial charge in [-0.1, -0.05) is 80.1 Å². The number of halogens is 1. The molecule has 2 aromatic carbocycles. The number of hydrogen-bond acceptors (Lipinski definition) is 4. The molecule has 0 radical (unpaired) electrons. The molecule has 4 nitrogen and oxygen atoms in total. The number of hydrogen-bond donors (Lipinski definition) is 0. The molecule has 4 rings (SSSR count). The van der Waals surface area contributed by atoms with Crippen molar-refractivity contribution in [3.63, 3.8) is 0 Å². The summed E-state index contributed by atoms with van der Waals surface area (Å²) in [5.74, 6) is 0.472. The summed E-state index contributed by atoms with van der Waals surface area (Å²) in [6.45, 7) is 6.54. The van der Waals surface area contributed by atoms with E-state index in [0.29, 0.717) is 25.9 Å². The normalized spacial score (nSPS) is 12.8. The Morgan fingerprint density at radius 1 is 1.04 bits per heavy atom. The number of rotatable bonds is 2. The van der Waals surface area contributed by atoms with Crippen LogP contribution in [0.1, 0.15) is 31.9 Å². The summed E-state index contributed by atoms with van der Waals surface area (Å²) in [5, 5.41) is 8.86. The van der Waals surface area contributed by atoms with Gasteiger partial charge in [0.25, 0.3) is 5.56 Å². The highest BCUT2D eigenvalue weighted by Gasteiger charge is 2.16. The fraction of sp³-hybridized carbons (Fsp3) is 0.190. The molecular formula is C21H18ClN3OS. The van der Waals surface area contributed by atoms with Gasteiger partial charge in [0, 0.05) is 5.56 Å². The van der Waals surface area contributed by atoms with Crippen LogP contribution in [0.2, 0.25) is 5.02 Å². The highest BCUT2D eigenvalue weighted by Crippen LogP contribution is 2.26. The van der Waals surface area contributed by atoms with Gasteiger partial charge < -0.3 is 0 Å². The van der Waals surface area contributed by atoms with Crippen molar-refractivity contribution in [1.82, 2.24) is 14.6 Å². The molecule has 0 amide bonds. The molecule has 136 valence electrons. The minimum atomic E-state index is -0.130. The highest BCUT2D eigenvalue weighted by atomic mass is 35.5. The molecule has 0 fully saturated rings. The second-order valence-electron chi connectivity index (χ2n) is 7.41. The monoisotopic (exact) mass is 395 g/mol. The maximum absolute atomic E-state index is 12.9. The zero-order valence-electron chi connectivity index (χ0n) is 15.2. The Labute approximate surface area is 165 Å². The van der Waals surface area contributed by atoms with E-state index < -0.39 is 0 Å². The van der Waals surface area contributed by atoms with Gasteiger partial charge in [0.1, 0.15) is 0 Å². The van der Waals surface area contributed by atoms with Crippen LogP contribution in [0.3, 0.4) is 0 Å². The Bertz CT molecular complexity index is 1230. The molecule has 6 heteroatoms. The van der Waals surface area contributed by atoms with Gasteiger partial charge in [0.05, 0.1) is 9.55 Å². The molecule has 2 aromatic heterocycles. The summed E-state index contributed by atoms with van der Waals surface area (Å²) in [4.78, 5) is 13.5. The van der Waals surface area contributed by atoms with Crippen LogP contribution in [0.4, 0.5) is 0 Å². The quantitative estimate of drug-likeness (QED) is 0.508. The van der Waals surface area contributed by atoms with Gasteiger partial charge in [0.2, 0.25) is 4.96 Å². The molecule has 0 aliphatic heterocycles. The maximum atomic E-state index is 12.9.